The van der Waals surface area contributed by atoms with Crippen molar-refractivity contribution in [3.8, 4) is 0 Å². The standard InChI is InChI=1S/C15H14BrFN2O/c1-2-18-12-6-3-10(4-7-12)15(20)19-14-8-5-11(17)9-13(14)16/h3-9,18H,2H2,1H3,(H,19,20). The van der Waals surface area contributed by atoms with Crippen molar-refractivity contribution in [2.75, 3.05) is 17.2 Å². The van der Waals surface area contributed by atoms with Gasteiger partial charge in [-0.1, -0.05) is 0 Å². The van der Waals surface area contributed by atoms with Crippen LogP contribution >= 0.6 is 15.9 Å². The maximum atomic E-state index is 13.0. The summed E-state index contributed by atoms with van der Waals surface area (Å²) in [6, 6.07) is 11.3. The lowest BCUT2D eigenvalue weighted by Gasteiger charge is -2.08. The van der Waals surface area contributed by atoms with Crippen molar-refractivity contribution in [3.05, 3.63) is 58.3 Å². The molecule has 1 amide bonds. The number of rotatable bonds is 4. The Balaban J connectivity index is 2.11. The summed E-state index contributed by atoms with van der Waals surface area (Å²) in [5, 5.41) is 5.89. The van der Waals surface area contributed by atoms with E-state index in [1.165, 1.54) is 18.2 Å². The predicted octanol–water partition coefficient (Wildman–Crippen LogP) is 4.27. The van der Waals surface area contributed by atoms with Crippen LogP contribution in [0.15, 0.2) is 46.9 Å². The van der Waals surface area contributed by atoms with Gasteiger partial charge in [-0.3, -0.25) is 4.79 Å². The first-order valence-electron chi connectivity index (χ1n) is 6.20. The molecule has 2 rings (SSSR count). The van der Waals surface area contributed by atoms with Crippen molar-refractivity contribution < 1.29 is 9.18 Å². The van der Waals surface area contributed by atoms with Crippen molar-refractivity contribution in [1.29, 1.82) is 0 Å². The monoisotopic (exact) mass is 336 g/mol. The van der Waals surface area contributed by atoms with Crippen LogP contribution in [0.4, 0.5) is 15.8 Å². The van der Waals surface area contributed by atoms with E-state index in [4.69, 9.17) is 0 Å². The van der Waals surface area contributed by atoms with E-state index in [0.29, 0.717) is 15.7 Å². The largest absolute Gasteiger partial charge is 0.385 e. The van der Waals surface area contributed by atoms with Crippen LogP contribution in [-0.2, 0) is 0 Å². The maximum Gasteiger partial charge on any atom is 0.255 e. The van der Waals surface area contributed by atoms with Gasteiger partial charge in [-0.05, 0) is 65.3 Å². The second-order valence-electron chi connectivity index (χ2n) is 4.19. The number of anilines is 2. The van der Waals surface area contributed by atoms with Gasteiger partial charge in [0.15, 0.2) is 0 Å². The van der Waals surface area contributed by atoms with Crippen LogP contribution in [-0.4, -0.2) is 12.5 Å². The molecule has 2 aromatic rings. The van der Waals surface area contributed by atoms with E-state index in [2.05, 4.69) is 26.6 Å². The number of halogens is 2. The van der Waals surface area contributed by atoms with Crippen molar-refractivity contribution in [3.63, 3.8) is 0 Å². The molecule has 0 fully saturated rings. The molecule has 20 heavy (non-hydrogen) atoms. The Hall–Kier alpha value is -1.88. The Morgan fingerprint density at radius 3 is 2.50 bits per heavy atom. The molecule has 0 atom stereocenters. The van der Waals surface area contributed by atoms with Crippen LogP contribution in [0.2, 0.25) is 0 Å². The average Bonchev–Trinajstić information content (AvgIpc) is 2.43. The summed E-state index contributed by atoms with van der Waals surface area (Å²) in [6.45, 7) is 2.83. The van der Waals surface area contributed by atoms with Gasteiger partial charge >= 0.3 is 0 Å². The SMILES string of the molecule is CCNc1ccc(C(=O)Nc2ccc(F)cc2Br)cc1. The highest BCUT2D eigenvalue weighted by Crippen LogP contribution is 2.23. The number of hydrogen-bond donors (Lipinski definition) is 2. The van der Waals surface area contributed by atoms with Gasteiger partial charge in [0.25, 0.3) is 5.91 Å². The highest BCUT2D eigenvalue weighted by molar-refractivity contribution is 9.10. The number of amides is 1. The summed E-state index contributed by atoms with van der Waals surface area (Å²) in [5.74, 6) is -0.592. The summed E-state index contributed by atoms with van der Waals surface area (Å²) >= 11 is 3.22. The highest BCUT2D eigenvalue weighted by Gasteiger charge is 2.08. The van der Waals surface area contributed by atoms with Crippen molar-refractivity contribution in [1.82, 2.24) is 0 Å². The molecule has 0 aromatic heterocycles. The Labute approximate surface area is 125 Å². The van der Waals surface area contributed by atoms with E-state index in [1.807, 2.05) is 19.1 Å². The molecule has 0 saturated heterocycles. The summed E-state index contributed by atoms with van der Waals surface area (Å²) in [6.07, 6.45) is 0. The molecule has 0 unspecified atom stereocenters. The lowest BCUT2D eigenvalue weighted by molar-refractivity contribution is 0.102. The van der Waals surface area contributed by atoms with Crippen LogP contribution in [0.3, 0.4) is 0 Å². The van der Waals surface area contributed by atoms with Gasteiger partial charge in [0.05, 0.1) is 5.69 Å². The first-order chi connectivity index (χ1) is 9.60. The lowest BCUT2D eigenvalue weighted by Crippen LogP contribution is -2.12. The molecule has 0 heterocycles. The van der Waals surface area contributed by atoms with E-state index >= 15 is 0 Å². The molecular weight excluding hydrogens is 323 g/mol. The fourth-order valence-corrected chi connectivity index (χ4v) is 2.18. The van der Waals surface area contributed by atoms with E-state index in [-0.39, 0.29) is 11.7 Å². The van der Waals surface area contributed by atoms with Gasteiger partial charge in [-0.15, -0.1) is 0 Å². The lowest BCUT2D eigenvalue weighted by atomic mass is 10.2. The molecular formula is C15H14BrFN2O. The summed E-state index contributed by atoms with van der Waals surface area (Å²) in [4.78, 5) is 12.1. The maximum absolute atomic E-state index is 13.0. The second-order valence-corrected chi connectivity index (χ2v) is 5.04. The first kappa shape index (κ1) is 14.5. The van der Waals surface area contributed by atoms with Gasteiger partial charge < -0.3 is 10.6 Å². The predicted molar refractivity (Wildman–Crippen MR) is 82.7 cm³/mol. The molecule has 0 radical (unpaired) electrons. The molecule has 3 nitrogen and oxygen atoms in total. The number of carbonyl (C=O) groups excluding carboxylic acids is 1. The summed E-state index contributed by atoms with van der Waals surface area (Å²) < 4.78 is 13.5. The zero-order valence-electron chi connectivity index (χ0n) is 10.9. The summed E-state index contributed by atoms with van der Waals surface area (Å²) in [5.41, 5.74) is 2.04. The molecule has 0 aliphatic rings. The van der Waals surface area contributed by atoms with Crippen LogP contribution in [0.25, 0.3) is 0 Å². The van der Waals surface area contributed by atoms with E-state index in [1.54, 1.807) is 12.1 Å². The fourth-order valence-electron chi connectivity index (χ4n) is 1.73. The van der Waals surface area contributed by atoms with Gasteiger partial charge in [0.1, 0.15) is 5.82 Å². The third-order valence-electron chi connectivity index (χ3n) is 2.71. The smallest absolute Gasteiger partial charge is 0.255 e. The molecule has 104 valence electrons. The van der Waals surface area contributed by atoms with E-state index in [0.717, 1.165) is 12.2 Å². The zero-order chi connectivity index (χ0) is 14.5. The minimum absolute atomic E-state index is 0.236. The van der Waals surface area contributed by atoms with E-state index in [9.17, 15) is 9.18 Å². The Morgan fingerprint density at radius 1 is 1.20 bits per heavy atom. The number of carbonyl (C=O) groups is 1. The second kappa shape index (κ2) is 6.52. The Morgan fingerprint density at radius 2 is 1.90 bits per heavy atom. The normalized spacial score (nSPS) is 10.2. The third-order valence-corrected chi connectivity index (χ3v) is 3.36. The minimum Gasteiger partial charge on any atom is -0.385 e. The van der Waals surface area contributed by atoms with Gasteiger partial charge in [0.2, 0.25) is 0 Å². The molecule has 5 heteroatoms. The quantitative estimate of drug-likeness (QED) is 0.875. The van der Waals surface area contributed by atoms with E-state index < -0.39 is 0 Å². The Bertz CT molecular complexity index is 614. The van der Waals surface area contributed by atoms with Gasteiger partial charge in [-0.25, -0.2) is 4.39 Å². The summed E-state index contributed by atoms with van der Waals surface area (Å²) in [7, 11) is 0. The molecule has 0 aliphatic heterocycles. The van der Waals surface area contributed by atoms with Crippen molar-refractivity contribution in [2.24, 2.45) is 0 Å². The first-order valence-corrected chi connectivity index (χ1v) is 7.00. The fraction of sp³-hybridized carbons (Fsp3) is 0.133. The molecule has 2 aromatic carbocycles. The molecule has 0 spiro atoms. The Kier molecular flexibility index (Phi) is 4.74. The zero-order valence-corrected chi connectivity index (χ0v) is 12.5. The molecule has 0 aliphatic carbocycles. The third kappa shape index (κ3) is 3.57. The van der Waals surface area contributed by atoms with Crippen molar-refractivity contribution >= 4 is 33.2 Å². The van der Waals surface area contributed by atoms with Crippen LogP contribution in [0.5, 0.6) is 0 Å². The average molecular weight is 337 g/mol. The molecule has 0 bridgehead atoms. The highest BCUT2D eigenvalue weighted by atomic mass is 79.9. The topological polar surface area (TPSA) is 41.1 Å². The van der Waals surface area contributed by atoms with Gasteiger partial charge in [-0.2, -0.15) is 0 Å². The van der Waals surface area contributed by atoms with Crippen LogP contribution < -0.4 is 10.6 Å². The van der Waals surface area contributed by atoms with Gasteiger partial charge in [0, 0.05) is 22.3 Å². The molecule has 2 N–H and O–H groups in total. The van der Waals surface area contributed by atoms with Crippen LogP contribution in [0, 0.1) is 5.82 Å². The van der Waals surface area contributed by atoms with Crippen molar-refractivity contribution in [2.45, 2.75) is 6.92 Å². The number of nitrogens with one attached hydrogen (secondary N) is 2. The number of hydrogen-bond acceptors (Lipinski definition) is 2. The minimum atomic E-state index is -0.357. The molecule has 0 saturated carbocycles. The van der Waals surface area contributed by atoms with Crippen LogP contribution in [0.1, 0.15) is 17.3 Å². The number of benzene rings is 2.